The summed E-state index contributed by atoms with van der Waals surface area (Å²) in [5, 5.41) is 3.01. The number of carbonyl (C=O) groups is 2. The van der Waals surface area contributed by atoms with Crippen molar-refractivity contribution >= 4 is 45.8 Å². The van der Waals surface area contributed by atoms with E-state index in [-0.39, 0.29) is 18.4 Å². The maximum Gasteiger partial charge on any atom is 0.251 e. The first-order valence-corrected chi connectivity index (χ1v) is 12.0. The standard InChI is InChI=1S/C24H21N3O5S2/c1-26-13-17(19-6-4-10-32-19)24(21(29)27(22(33)34-24)12-15-5-3-9-31-15)23(26)16-11-14(30-2)7-8-18(16)25-20(23)28/h3-11,17H,12-13H2,1-2H3,(H,25,28). The number of thioether (sulfide) groups is 1. The third-order valence-corrected chi connectivity index (χ3v) is 9.00. The zero-order valence-corrected chi connectivity index (χ0v) is 20.1. The van der Waals surface area contributed by atoms with E-state index in [4.69, 9.17) is 25.8 Å². The molecule has 2 spiro atoms. The van der Waals surface area contributed by atoms with Crippen LogP contribution in [0, 0.1) is 0 Å². The number of anilines is 1. The van der Waals surface area contributed by atoms with E-state index in [2.05, 4.69) is 5.32 Å². The number of benzene rings is 1. The number of nitrogens with zero attached hydrogens (tertiary/aromatic N) is 2. The number of furan rings is 2. The number of amides is 2. The number of ether oxygens (including phenoxy) is 1. The predicted molar refractivity (Wildman–Crippen MR) is 130 cm³/mol. The summed E-state index contributed by atoms with van der Waals surface area (Å²) in [6.45, 7) is 0.615. The lowest BCUT2D eigenvalue weighted by Gasteiger charge is -2.41. The monoisotopic (exact) mass is 495 g/mol. The van der Waals surface area contributed by atoms with E-state index in [1.807, 2.05) is 30.1 Å². The van der Waals surface area contributed by atoms with Gasteiger partial charge in [-0.1, -0.05) is 24.0 Å². The van der Waals surface area contributed by atoms with Crippen molar-refractivity contribution in [1.29, 1.82) is 0 Å². The minimum Gasteiger partial charge on any atom is -0.497 e. The number of nitrogens with one attached hydrogen (secondary N) is 1. The van der Waals surface area contributed by atoms with Gasteiger partial charge in [-0.3, -0.25) is 19.4 Å². The van der Waals surface area contributed by atoms with Crippen molar-refractivity contribution in [3.63, 3.8) is 0 Å². The van der Waals surface area contributed by atoms with Crippen LogP contribution in [-0.4, -0.2) is 51.4 Å². The number of hydrogen-bond acceptors (Lipinski definition) is 8. The Hall–Kier alpha value is -3.08. The molecule has 34 heavy (non-hydrogen) atoms. The van der Waals surface area contributed by atoms with Gasteiger partial charge in [-0.25, -0.2) is 0 Å². The Labute approximate surface area is 205 Å². The summed E-state index contributed by atoms with van der Waals surface area (Å²) in [5.74, 6) is 0.918. The molecule has 2 saturated heterocycles. The molecule has 2 amide bonds. The SMILES string of the molecule is COc1ccc2c(c1)C1(C(=O)N2)N(C)CC(c2ccco2)C12SC(=S)N(Cc1ccco1)C2=O. The molecule has 2 fully saturated rings. The molecule has 5 heterocycles. The highest BCUT2D eigenvalue weighted by Gasteiger charge is 2.78. The largest absolute Gasteiger partial charge is 0.497 e. The molecule has 6 rings (SSSR count). The summed E-state index contributed by atoms with van der Waals surface area (Å²) in [6.07, 6.45) is 3.15. The summed E-state index contributed by atoms with van der Waals surface area (Å²) in [7, 11) is 3.44. The number of thiocarbonyl (C=S) groups is 1. The fourth-order valence-electron chi connectivity index (χ4n) is 5.66. The van der Waals surface area contributed by atoms with Crippen molar-refractivity contribution in [1.82, 2.24) is 9.80 Å². The average molecular weight is 496 g/mol. The highest BCUT2D eigenvalue weighted by Crippen LogP contribution is 2.66. The molecule has 3 aromatic rings. The van der Waals surface area contributed by atoms with E-state index in [9.17, 15) is 9.59 Å². The maximum absolute atomic E-state index is 14.5. The van der Waals surface area contributed by atoms with Crippen LogP contribution < -0.4 is 10.1 Å². The van der Waals surface area contributed by atoms with E-state index in [1.165, 1.54) is 11.8 Å². The summed E-state index contributed by atoms with van der Waals surface area (Å²) in [6, 6.07) is 12.7. The first-order valence-electron chi connectivity index (χ1n) is 10.8. The van der Waals surface area contributed by atoms with Crippen molar-refractivity contribution in [3.8, 4) is 5.75 Å². The smallest absolute Gasteiger partial charge is 0.251 e. The number of rotatable bonds is 4. The van der Waals surface area contributed by atoms with Crippen LogP contribution in [0.25, 0.3) is 0 Å². The Balaban J connectivity index is 1.59. The van der Waals surface area contributed by atoms with Crippen molar-refractivity contribution < 1.29 is 23.2 Å². The molecule has 3 aliphatic rings. The number of carbonyl (C=O) groups excluding carboxylic acids is 2. The summed E-state index contributed by atoms with van der Waals surface area (Å²) >= 11 is 7.01. The summed E-state index contributed by atoms with van der Waals surface area (Å²) in [5.41, 5.74) is 0.0238. The van der Waals surface area contributed by atoms with E-state index >= 15 is 0 Å². The van der Waals surface area contributed by atoms with Gasteiger partial charge in [-0.05, 0) is 49.5 Å². The van der Waals surface area contributed by atoms with Crippen LogP contribution in [0.1, 0.15) is 23.0 Å². The fraction of sp³-hybridized carbons (Fsp3) is 0.292. The second kappa shape index (κ2) is 7.46. The molecule has 1 aromatic carbocycles. The van der Waals surface area contributed by atoms with Crippen molar-refractivity contribution in [2.45, 2.75) is 22.7 Å². The van der Waals surface area contributed by atoms with Gasteiger partial charge in [0.1, 0.15) is 26.3 Å². The van der Waals surface area contributed by atoms with Gasteiger partial charge >= 0.3 is 0 Å². The minimum absolute atomic E-state index is 0.191. The Kier molecular flexibility index (Phi) is 4.71. The molecule has 0 radical (unpaired) electrons. The molecule has 8 nitrogen and oxygen atoms in total. The summed E-state index contributed by atoms with van der Waals surface area (Å²) in [4.78, 5) is 31.9. The van der Waals surface area contributed by atoms with Gasteiger partial charge in [-0.2, -0.15) is 0 Å². The van der Waals surface area contributed by atoms with Crippen LogP contribution in [-0.2, 0) is 21.7 Å². The zero-order chi connectivity index (χ0) is 23.7. The summed E-state index contributed by atoms with van der Waals surface area (Å²) < 4.78 is 15.9. The second-order valence-corrected chi connectivity index (χ2v) is 10.5. The molecule has 10 heteroatoms. The average Bonchev–Trinajstić information content (AvgIpc) is 3.63. The molecule has 3 atom stereocenters. The van der Waals surface area contributed by atoms with Gasteiger partial charge in [0.25, 0.3) is 5.91 Å². The maximum atomic E-state index is 14.5. The molecular formula is C24H21N3O5S2. The van der Waals surface area contributed by atoms with Crippen LogP contribution in [0.2, 0.25) is 0 Å². The van der Waals surface area contributed by atoms with Crippen LogP contribution >= 0.6 is 24.0 Å². The normalized spacial score (nSPS) is 28.4. The number of methoxy groups -OCH3 is 1. The van der Waals surface area contributed by atoms with Gasteiger partial charge in [-0.15, -0.1) is 0 Å². The highest BCUT2D eigenvalue weighted by atomic mass is 32.2. The van der Waals surface area contributed by atoms with Crippen molar-refractivity contribution in [2.24, 2.45) is 0 Å². The number of likely N-dealkylation sites (tertiary alicyclic amines) is 1. The Morgan fingerprint density at radius 1 is 1.21 bits per heavy atom. The molecule has 0 bridgehead atoms. The van der Waals surface area contributed by atoms with Crippen molar-refractivity contribution in [3.05, 3.63) is 72.1 Å². The van der Waals surface area contributed by atoms with Gasteiger partial charge in [0.2, 0.25) is 5.91 Å². The first kappa shape index (κ1) is 21.5. The van der Waals surface area contributed by atoms with E-state index < -0.39 is 16.2 Å². The van der Waals surface area contributed by atoms with Crippen molar-refractivity contribution in [2.75, 3.05) is 26.0 Å². The molecule has 2 aromatic heterocycles. The van der Waals surface area contributed by atoms with Gasteiger partial charge in [0.15, 0.2) is 5.54 Å². The minimum atomic E-state index is -1.32. The van der Waals surface area contributed by atoms with E-state index in [0.717, 1.165) is 0 Å². The topological polar surface area (TPSA) is 88.2 Å². The third-order valence-electron chi connectivity index (χ3n) is 7.06. The lowest BCUT2D eigenvalue weighted by atomic mass is 9.73. The quantitative estimate of drug-likeness (QED) is 0.550. The lowest BCUT2D eigenvalue weighted by Crippen LogP contribution is -2.61. The number of likely N-dealkylation sites (N-methyl/N-ethyl adjacent to an activating group) is 1. The Bertz CT molecular complexity index is 1310. The molecule has 174 valence electrons. The van der Waals surface area contributed by atoms with Gasteiger partial charge < -0.3 is 18.9 Å². The van der Waals surface area contributed by atoms with Crippen LogP contribution in [0.4, 0.5) is 5.69 Å². The van der Waals surface area contributed by atoms with E-state index in [0.29, 0.717) is 39.4 Å². The first-order chi connectivity index (χ1) is 16.4. The molecule has 3 unspecified atom stereocenters. The molecule has 1 N–H and O–H groups in total. The van der Waals surface area contributed by atoms with Crippen LogP contribution in [0.15, 0.2) is 63.8 Å². The second-order valence-electron chi connectivity index (χ2n) is 8.60. The Morgan fingerprint density at radius 2 is 2.00 bits per heavy atom. The number of hydrogen-bond donors (Lipinski definition) is 1. The van der Waals surface area contributed by atoms with Gasteiger partial charge in [0, 0.05) is 17.8 Å². The van der Waals surface area contributed by atoms with Crippen LogP contribution in [0.3, 0.4) is 0 Å². The third kappa shape index (κ3) is 2.56. The zero-order valence-electron chi connectivity index (χ0n) is 18.4. The predicted octanol–water partition coefficient (Wildman–Crippen LogP) is 3.56. The molecule has 0 aliphatic carbocycles. The fourth-order valence-corrected chi connectivity index (χ4v) is 7.77. The Morgan fingerprint density at radius 3 is 2.71 bits per heavy atom. The molecular weight excluding hydrogens is 474 g/mol. The van der Waals surface area contributed by atoms with Crippen LogP contribution in [0.5, 0.6) is 5.75 Å². The van der Waals surface area contributed by atoms with E-state index in [1.54, 1.807) is 48.8 Å². The highest BCUT2D eigenvalue weighted by molar-refractivity contribution is 8.25. The molecule has 0 saturated carbocycles. The molecule has 3 aliphatic heterocycles. The number of fused-ring (bicyclic) bond motifs is 3. The lowest BCUT2D eigenvalue weighted by molar-refractivity contribution is -0.138. The van der Waals surface area contributed by atoms with Gasteiger partial charge in [0.05, 0.1) is 32.1 Å².